The molecule has 3 aromatic carbocycles. The molecule has 1 amide bonds. The van der Waals surface area contributed by atoms with Crippen molar-refractivity contribution in [2.24, 2.45) is 5.10 Å². The number of hydrogen-bond acceptors (Lipinski definition) is 4. The van der Waals surface area contributed by atoms with E-state index in [1.54, 1.807) is 54.6 Å². The van der Waals surface area contributed by atoms with E-state index in [0.29, 0.717) is 26.9 Å². The number of aryl methyl sites for hydroxylation is 1. The molecular weight excluding hydrogens is 457 g/mol. The number of rotatable bonds is 6. The van der Waals surface area contributed by atoms with Gasteiger partial charge in [-0.25, -0.2) is 13.8 Å². The van der Waals surface area contributed by atoms with Crippen LogP contribution >= 0.6 is 23.2 Å². The quantitative estimate of drug-likeness (QED) is 0.407. The summed E-state index contributed by atoms with van der Waals surface area (Å²) in [6.45, 7) is 1.89. The van der Waals surface area contributed by atoms with E-state index in [2.05, 4.69) is 10.5 Å². The molecule has 6 nitrogen and oxygen atoms in total. The molecule has 0 unspecified atom stereocenters. The van der Waals surface area contributed by atoms with Crippen molar-refractivity contribution in [2.45, 2.75) is 11.8 Å². The minimum atomic E-state index is -3.70. The molecule has 0 bridgehead atoms. The van der Waals surface area contributed by atoms with Gasteiger partial charge in [0.25, 0.3) is 15.9 Å². The van der Waals surface area contributed by atoms with E-state index in [4.69, 9.17) is 23.2 Å². The Morgan fingerprint density at radius 1 is 0.968 bits per heavy atom. The number of nitrogens with zero attached hydrogens (tertiary/aromatic N) is 2. The number of anilines is 1. The van der Waals surface area contributed by atoms with E-state index in [-0.39, 0.29) is 4.90 Å². The second-order valence-electron chi connectivity index (χ2n) is 6.71. The highest BCUT2D eigenvalue weighted by atomic mass is 35.5. The van der Waals surface area contributed by atoms with Crippen LogP contribution in [0.3, 0.4) is 0 Å². The molecule has 0 fully saturated rings. The highest BCUT2D eigenvalue weighted by molar-refractivity contribution is 7.92. The van der Waals surface area contributed by atoms with Crippen molar-refractivity contribution in [2.75, 3.05) is 11.4 Å². The van der Waals surface area contributed by atoms with Crippen LogP contribution in [0.1, 0.15) is 21.5 Å². The zero-order chi connectivity index (χ0) is 22.6. The molecule has 1 N–H and O–H groups in total. The van der Waals surface area contributed by atoms with Gasteiger partial charge in [-0.2, -0.15) is 5.10 Å². The number of hydrazone groups is 1. The lowest BCUT2D eigenvalue weighted by molar-refractivity contribution is 0.0955. The molecule has 0 aliphatic heterocycles. The van der Waals surface area contributed by atoms with Crippen LogP contribution in [0.4, 0.5) is 5.69 Å². The van der Waals surface area contributed by atoms with Gasteiger partial charge in [-0.15, -0.1) is 0 Å². The van der Waals surface area contributed by atoms with E-state index in [1.165, 1.54) is 29.7 Å². The molecule has 9 heteroatoms. The number of hydrogen-bond donors (Lipinski definition) is 1. The van der Waals surface area contributed by atoms with Crippen LogP contribution in [-0.4, -0.2) is 27.6 Å². The van der Waals surface area contributed by atoms with Crippen LogP contribution in [0.2, 0.25) is 10.0 Å². The van der Waals surface area contributed by atoms with Crippen LogP contribution in [0.5, 0.6) is 0 Å². The molecule has 0 atom stereocenters. The molecule has 31 heavy (non-hydrogen) atoms. The van der Waals surface area contributed by atoms with E-state index in [1.807, 2.05) is 6.92 Å². The standard InChI is InChI=1S/C22H19Cl2N3O3S/c1-15-3-10-19(11-4-15)31(29,30)27(2)18-8-6-17(7-9-18)22(28)26-25-14-16-5-12-20(23)21(24)13-16/h3-14H,1-2H3,(H,26,28)/b25-14-. The Kier molecular flexibility index (Phi) is 7.00. The molecule has 0 saturated carbocycles. The molecular formula is C22H19Cl2N3O3S. The van der Waals surface area contributed by atoms with Gasteiger partial charge in [0.2, 0.25) is 0 Å². The Bertz CT molecular complexity index is 1230. The zero-order valence-electron chi connectivity index (χ0n) is 16.7. The first kappa shape index (κ1) is 22.8. The molecule has 0 heterocycles. The lowest BCUT2D eigenvalue weighted by Gasteiger charge is -2.19. The molecule has 160 valence electrons. The third kappa shape index (κ3) is 5.44. The maximum atomic E-state index is 12.8. The molecule has 0 saturated heterocycles. The van der Waals surface area contributed by atoms with E-state index in [9.17, 15) is 13.2 Å². The fourth-order valence-corrected chi connectivity index (χ4v) is 4.15. The molecule has 0 aliphatic carbocycles. The number of carbonyl (C=O) groups excluding carboxylic acids is 1. The van der Waals surface area contributed by atoms with Crippen LogP contribution in [0.15, 0.2) is 76.7 Å². The SMILES string of the molecule is Cc1ccc(S(=O)(=O)N(C)c2ccc(C(=O)N/N=C\c3ccc(Cl)c(Cl)c3)cc2)cc1. The largest absolute Gasteiger partial charge is 0.271 e. The minimum Gasteiger partial charge on any atom is -0.269 e. The molecule has 3 rings (SSSR count). The zero-order valence-corrected chi connectivity index (χ0v) is 19.0. The van der Waals surface area contributed by atoms with Gasteiger partial charge in [0, 0.05) is 12.6 Å². The number of nitrogens with one attached hydrogen (secondary N) is 1. The minimum absolute atomic E-state index is 0.194. The van der Waals surface area contributed by atoms with Gasteiger partial charge in [0.15, 0.2) is 0 Å². The summed E-state index contributed by atoms with van der Waals surface area (Å²) in [5.74, 6) is -0.438. The van der Waals surface area contributed by atoms with E-state index in [0.717, 1.165) is 5.56 Å². The smallest absolute Gasteiger partial charge is 0.269 e. The Hall–Kier alpha value is -2.87. The van der Waals surface area contributed by atoms with Crippen molar-refractivity contribution >= 4 is 51.0 Å². The summed E-state index contributed by atoms with van der Waals surface area (Å²) in [7, 11) is -2.24. The van der Waals surface area contributed by atoms with Gasteiger partial charge < -0.3 is 0 Å². The lowest BCUT2D eigenvalue weighted by atomic mass is 10.2. The summed E-state index contributed by atoms with van der Waals surface area (Å²) in [6.07, 6.45) is 1.44. The average Bonchev–Trinajstić information content (AvgIpc) is 2.76. The van der Waals surface area contributed by atoms with Gasteiger partial charge in [0.1, 0.15) is 0 Å². The maximum Gasteiger partial charge on any atom is 0.271 e. The molecule has 0 radical (unpaired) electrons. The Morgan fingerprint density at radius 3 is 2.23 bits per heavy atom. The monoisotopic (exact) mass is 475 g/mol. The van der Waals surface area contributed by atoms with Crippen LogP contribution in [-0.2, 0) is 10.0 Å². The number of benzene rings is 3. The lowest BCUT2D eigenvalue weighted by Crippen LogP contribution is -2.26. The predicted octanol–water partition coefficient (Wildman–Crippen LogP) is 4.89. The Balaban J connectivity index is 1.68. The maximum absolute atomic E-state index is 12.8. The Morgan fingerprint density at radius 2 is 1.61 bits per heavy atom. The van der Waals surface area contributed by atoms with Gasteiger partial charge in [-0.05, 0) is 61.0 Å². The summed E-state index contributed by atoms with van der Waals surface area (Å²) in [5, 5.41) is 4.71. The topological polar surface area (TPSA) is 78.8 Å². The number of carbonyl (C=O) groups is 1. The fraction of sp³-hybridized carbons (Fsp3) is 0.0909. The Labute approximate surface area is 191 Å². The van der Waals surface area contributed by atoms with Crippen molar-refractivity contribution in [3.63, 3.8) is 0 Å². The van der Waals surface area contributed by atoms with Crippen molar-refractivity contribution in [3.05, 3.63) is 93.5 Å². The summed E-state index contributed by atoms with van der Waals surface area (Å²) in [4.78, 5) is 12.5. The molecule has 0 aromatic heterocycles. The molecule has 3 aromatic rings. The van der Waals surface area contributed by atoms with Crippen LogP contribution in [0.25, 0.3) is 0 Å². The van der Waals surface area contributed by atoms with Crippen molar-refractivity contribution < 1.29 is 13.2 Å². The summed E-state index contributed by atoms with van der Waals surface area (Å²) < 4.78 is 26.8. The van der Waals surface area contributed by atoms with Crippen molar-refractivity contribution in [1.82, 2.24) is 5.43 Å². The van der Waals surface area contributed by atoms with Gasteiger partial charge in [0.05, 0.1) is 26.8 Å². The highest BCUT2D eigenvalue weighted by Crippen LogP contribution is 2.23. The first-order valence-corrected chi connectivity index (χ1v) is 11.3. The predicted molar refractivity (Wildman–Crippen MR) is 125 cm³/mol. The molecule has 0 aliphatic rings. The highest BCUT2D eigenvalue weighted by Gasteiger charge is 2.21. The van der Waals surface area contributed by atoms with Gasteiger partial charge in [-0.1, -0.05) is 47.0 Å². The third-order valence-corrected chi connectivity index (χ3v) is 7.03. The van der Waals surface area contributed by atoms with Crippen molar-refractivity contribution in [3.8, 4) is 0 Å². The fourth-order valence-electron chi connectivity index (χ4n) is 2.65. The normalized spacial score (nSPS) is 11.5. The second kappa shape index (κ2) is 9.51. The summed E-state index contributed by atoms with van der Waals surface area (Å²) in [5.41, 5.74) is 4.82. The van der Waals surface area contributed by atoms with E-state index < -0.39 is 15.9 Å². The van der Waals surface area contributed by atoms with Crippen LogP contribution < -0.4 is 9.73 Å². The van der Waals surface area contributed by atoms with Gasteiger partial charge in [-0.3, -0.25) is 9.10 Å². The first-order chi connectivity index (χ1) is 14.7. The molecule has 0 spiro atoms. The van der Waals surface area contributed by atoms with Crippen molar-refractivity contribution in [1.29, 1.82) is 0 Å². The number of sulfonamides is 1. The summed E-state index contributed by atoms with van der Waals surface area (Å²) >= 11 is 11.8. The number of halogens is 2. The second-order valence-corrected chi connectivity index (χ2v) is 9.49. The van der Waals surface area contributed by atoms with Crippen LogP contribution in [0, 0.1) is 6.92 Å². The average molecular weight is 476 g/mol. The summed E-state index contributed by atoms with van der Waals surface area (Å²) in [6, 6.07) is 17.8. The number of amides is 1. The van der Waals surface area contributed by atoms with Gasteiger partial charge >= 0.3 is 0 Å². The first-order valence-electron chi connectivity index (χ1n) is 9.12. The van der Waals surface area contributed by atoms with E-state index >= 15 is 0 Å². The third-order valence-electron chi connectivity index (χ3n) is 4.50.